The van der Waals surface area contributed by atoms with Gasteiger partial charge < -0.3 is 9.30 Å². The van der Waals surface area contributed by atoms with Gasteiger partial charge in [-0.25, -0.2) is 4.39 Å². The van der Waals surface area contributed by atoms with Crippen LogP contribution in [0.4, 0.5) is 4.39 Å². The Bertz CT molecular complexity index is 1070. The molecule has 0 aliphatic rings. The zero-order valence-corrected chi connectivity index (χ0v) is 15.1. The molecule has 134 valence electrons. The summed E-state index contributed by atoms with van der Waals surface area (Å²) in [7, 11) is 1.47. The highest BCUT2D eigenvalue weighted by atomic mass is 35.5. The number of aromatic nitrogens is 2. The summed E-state index contributed by atoms with van der Waals surface area (Å²) in [4.78, 5) is 24.8. The molecule has 0 spiro atoms. The molecular formula is C18H13Cl2FN2O3. The summed E-state index contributed by atoms with van der Waals surface area (Å²) in [6.07, 6.45) is 2.81. The van der Waals surface area contributed by atoms with Crippen molar-refractivity contribution < 1.29 is 9.13 Å². The Morgan fingerprint density at radius 3 is 2.46 bits per heavy atom. The number of rotatable bonds is 4. The van der Waals surface area contributed by atoms with Gasteiger partial charge in [0.15, 0.2) is 0 Å². The van der Waals surface area contributed by atoms with E-state index in [-0.39, 0.29) is 17.1 Å². The fourth-order valence-electron chi connectivity index (χ4n) is 2.50. The number of methoxy groups -OCH3 is 1. The van der Waals surface area contributed by atoms with Gasteiger partial charge in [-0.05, 0) is 30.3 Å². The van der Waals surface area contributed by atoms with Gasteiger partial charge in [0.1, 0.15) is 11.6 Å². The minimum absolute atomic E-state index is 0.140. The highest BCUT2D eigenvalue weighted by Crippen LogP contribution is 2.26. The molecule has 26 heavy (non-hydrogen) atoms. The standard InChI is InChI=1S/C18H13Cl2FN2O3/c1-26-16-6-5-11(9-14(16)20)23-8-7-22(17(24)18(23)25)10-12-13(19)3-2-4-15(12)21/h2-9H,10H2,1H3. The van der Waals surface area contributed by atoms with Crippen molar-refractivity contribution in [1.29, 1.82) is 0 Å². The molecular weight excluding hydrogens is 382 g/mol. The average molecular weight is 395 g/mol. The molecule has 2 aromatic carbocycles. The molecule has 0 aliphatic heterocycles. The lowest BCUT2D eigenvalue weighted by atomic mass is 10.2. The Morgan fingerprint density at radius 1 is 1.04 bits per heavy atom. The Morgan fingerprint density at radius 2 is 1.81 bits per heavy atom. The van der Waals surface area contributed by atoms with Crippen LogP contribution in [-0.2, 0) is 6.54 Å². The summed E-state index contributed by atoms with van der Waals surface area (Å²) >= 11 is 12.0. The van der Waals surface area contributed by atoms with Crippen LogP contribution >= 0.6 is 23.2 Å². The number of hydrogen-bond acceptors (Lipinski definition) is 3. The smallest absolute Gasteiger partial charge is 0.320 e. The predicted octanol–water partition coefficient (Wildman–Crippen LogP) is 3.50. The van der Waals surface area contributed by atoms with E-state index in [0.717, 1.165) is 9.13 Å². The van der Waals surface area contributed by atoms with Crippen molar-refractivity contribution in [1.82, 2.24) is 9.13 Å². The summed E-state index contributed by atoms with van der Waals surface area (Å²) in [5.74, 6) is -0.0958. The third-order valence-electron chi connectivity index (χ3n) is 3.86. The lowest BCUT2D eigenvalue weighted by Crippen LogP contribution is -2.40. The van der Waals surface area contributed by atoms with Crippen LogP contribution in [0, 0.1) is 5.82 Å². The Kier molecular flexibility index (Phi) is 5.15. The van der Waals surface area contributed by atoms with E-state index in [2.05, 4.69) is 0 Å². The lowest BCUT2D eigenvalue weighted by Gasteiger charge is -2.11. The largest absolute Gasteiger partial charge is 0.495 e. The quantitative estimate of drug-likeness (QED) is 0.636. The Labute approximate surface area is 157 Å². The molecule has 3 rings (SSSR count). The Hall–Kier alpha value is -2.57. The highest BCUT2D eigenvalue weighted by molar-refractivity contribution is 6.32. The normalized spacial score (nSPS) is 10.8. The van der Waals surface area contributed by atoms with Gasteiger partial charge in [-0.15, -0.1) is 0 Å². The third-order valence-corrected chi connectivity index (χ3v) is 4.51. The molecule has 0 atom stereocenters. The van der Waals surface area contributed by atoms with Crippen LogP contribution in [-0.4, -0.2) is 16.2 Å². The average Bonchev–Trinajstić information content (AvgIpc) is 2.62. The van der Waals surface area contributed by atoms with Crippen LogP contribution < -0.4 is 15.9 Å². The summed E-state index contributed by atoms with van der Waals surface area (Å²) in [6, 6.07) is 8.94. The first kappa shape index (κ1) is 18.2. The van der Waals surface area contributed by atoms with Crippen molar-refractivity contribution in [3.8, 4) is 11.4 Å². The summed E-state index contributed by atoms with van der Waals surface area (Å²) in [5.41, 5.74) is -1.05. The molecule has 1 aromatic heterocycles. The van der Waals surface area contributed by atoms with Crippen LogP contribution in [0.25, 0.3) is 5.69 Å². The van der Waals surface area contributed by atoms with Crippen LogP contribution in [0.1, 0.15) is 5.56 Å². The molecule has 0 radical (unpaired) electrons. The van der Waals surface area contributed by atoms with Crippen molar-refractivity contribution in [2.24, 2.45) is 0 Å². The van der Waals surface area contributed by atoms with E-state index < -0.39 is 16.9 Å². The molecule has 1 heterocycles. The fraction of sp³-hybridized carbons (Fsp3) is 0.111. The predicted molar refractivity (Wildman–Crippen MR) is 98.4 cm³/mol. The minimum atomic E-state index is -0.807. The lowest BCUT2D eigenvalue weighted by molar-refractivity contribution is 0.415. The summed E-state index contributed by atoms with van der Waals surface area (Å²) in [6.45, 7) is -0.149. The van der Waals surface area contributed by atoms with Crippen LogP contribution in [0.15, 0.2) is 58.4 Å². The summed E-state index contributed by atoms with van der Waals surface area (Å²) in [5, 5.41) is 0.488. The van der Waals surface area contributed by atoms with Gasteiger partial charge in [0.2, 0.25) is 0 Å². The highest BCUT2D eigenvalue weighted by Gasteiger charge is 2.12. The second kappa shape index (κ2) is 7.35. The molecule has 3 aromatic rings. The Balaban J connectivity index is 2.03. The number of hydrogen-bond donors (Lipinski definition) is 0. The molecule has 8 heteroatoms. The fourth-order valence-corrected chi connectivity index (χ4v) is 2.97. The van der Waals surface area contributed by atoms with Crippen LogP contribution in [0.5, 0.6) is 5.75 Å². The van der Waals surface area contributed by atoms with E-state index >= 15 is 0 Å². The first-order chi connectivity index (χ1) is 12.4. The number of halogens is 3. The molecule has 0 aliphatic carbocycles. The maximum atomic E-state index is 13.9. The molecule has 5 nitrogen and oxygen atoms in total. The first-order valence-corrected chi connectivity index (χ1v) is 8.27. The molecule has 0 unspecified atom stereocenters. The molecule has 0 bridgehead atoms. The molecule has 0 fully saturated rings. The van der Waals surface area contributed by atoms with E-state index in [1.807, 2.05) is 0 Å². The van der Waals surface area contributed by atoms with E-state index in [9.17, 15) is 14.0 Å². The molecule has 0 saturated heterocycles. The second-order valence-corrected chi connectivity index (χ2v) is 6.24. The van der Waals surface area contributed by atoms with Crippen LogP contribution in [0.3, 0.4) is 0 Å². The van der Waals surface area contributed by atoms with Crippen molar-refractivity contribution in [3.05, 3.63) is 90.9 Å². The number of nitrogens with zero attached hydrogens (tertiary/aromatic N) is 2. The monoisotopic (exact) mass is 394 g/mol. The van der Waals surface area contributed by atoms with Crippen molar-refractivity contribution in [2.75, 3.05) is 7.11 Å². The van der Waals surface area contributed by atoms with Gasteiger partial charge in [0.25, 0.3) is 0 Å². The maximum absolute atomic E-state index is 13.9. The second-order valence-electron chi connectivity index (χ2n) is 5.43. The van der Waals surface area contributed by atoms with Crippen molar-refractivity contribution in [2.45, 2.75) is 6.54 Å². The van der Waals surface area contributed by atoms with E-state index in [4.69, 9.17) is 27.9 Å². The molecule has 0 saturated carbocycles. The van der Waals surface area contributed by atoms with E-state index in [0.29, 0.717) is 16.5 Å². The van der Waals surface area contributed by atoms with Gasteiger partial charge in [0, 0.05) is 23.0 Å². The molecule has 0 N–H and O–H groups in total. The zero-order chi connectivity index (χ0) is 18.8. The number of benzene rings is 2. The number of ether oxygens (including phenoxy) is 1. The SMILES string of the molecule is COc1ccc(-n2ccn(Cc3c(F)cccc3Cl)c(=O)c2=O)cc1Cl. The van der Waals surface area contributed by atoms with Gasteiger partial charge in [-0.3, -0.25) is 14.2 Å². The van der Waals surface area contributed by atoms with E-state index in [1.165, 1.54) is 43.8 Å². The van der Waals surface area contributed by atoms with Crippen molar-refractivity contribution >= 4 is 23.2 Å². The summed E-state index contributed by atoms with van der Waals surface area (Å²) < 4.78 is 21.2. The van der Waals surface area contributed by atoms with E-state index in [1.54, 1.807) is 12.1 Å². The van der Waals surface area contributed by atoms with Gasteiger partial charge in [0.05, 0.1) is 24.4 Å². The topological polar surface area (TPSA) is 53.2 Å². The molecule has 0 amide bonds. The van der Waals surface area contributed by atoms with Gasteiger partial charge >= 0.3 is 11.1 Å². The van der Waals surface area contributed by atoms with Gasteiger partial charge in [-0.1, -0.05) is 29.3 Å². The third kappa shape index (κ3) is 3.38. The van der Waals surface area contributed by atoms with Crippen molar-refractivity contribution in [3.63, 3.8) is 0 Å². The minimum Gasteiger partial charge on any atom is -0.495 e. The van der Waals surface area contributed by atoms with Crippen LogP contribution in [0.2, 0.25) is 10.0 Å². The maximum Gasteiger partial charge on any atom is 0.320 e. The van der Waals surface area contributed by atoms with Gasteiger partial charge in [-0.2, -0.15) is 0 Å². The first-order valence-electron chi connectivity index (χ1n) is 7.51. The zero-order valence-electron chi connectivity index (χ0n) is 13.6.